The summed E-state index contributed by atoms with van der Waals surface area (Å²) >= 11 is 0. The maximum Gasteiger partial charge on any atom is 3.00 e. The molecule has 0 bridgehead atoms. The van der Waals surface area contributed by atoms with E-state index in [0.717, 1.165) is 0 Å². The van der Waals surface area contributed by atoms with Crippen LogP contribution in [0.3, 0.4) is 0 Å². The van der Waals surface area contributed by atoms with Crippen LogP contribution in [0.1, 0.15) is 0 Å². The van der Waals surface area contributed by atoms with Gasteiger partial charge in [0.25, 0.3) is 0 Å². The Morgan fingerprint density at radius 1 is 0.625 bits per heavy atom. The fourth-order valence-electron chi connectivity index (χ4n) is 0.250. The third kappa shape index (κ3) is 59.4. The molecule has 0 fully saturated rings. The molecule has 0 aromatic rings. The zero-order valence-corrected chi connectivity index (χ0v) is 13.3. The molecular weight excluding hydrogens is 344 g/mol. The van der Waals surface area contributed by atoms with Crippen molar-refractivity contribution in [3.8, 4) is 0 Å². The van der Waals surface area contributed by atoms with Crippen LogP contribution in [0.5, 0.6) is 0 Å². The number of methoxy groups -OCH3 is 3. The minimum Gasteiger partial charge on any atom is -0.853 e. The van der Waals surface area contributed by atoms with Crippen LogP contribution in [0.2, 0.25) is 0 Å². The van der Waals surface area contributed by atoms with E-state index in [1.165, 1.54) is 21.3 Å². The molecule has 0 atom stereocenters. The standard InChI is InChI=1S/3C3H7O2.Ce/c3*1-5-3-2-4;/h3*2-3H2,1H3;/q3*-1;+3. The van der Waals surface area contributed by atoms with Gasteiger partial charge in [-0.3, -0.25) is 0 Å². The summed E-state index contributed by atoms with van der Waals surface area (Å²) in [5, 5.41) is 28.2. The first-order chi connectivity index (χ1) is 7.24. The van der Waals surface area contributed by atoms with Gasteiger partial charge in [-0.25, -0.2) is 0 Å². The summed E-state index contributed by atoms with van der Waals surface area (Å²) in [5.74, 6) is 0. The van der Waals surface area contributed by atoms with Crippen molar-refractivity contribution < 1.29 is 71.3 Å². The van der Waals surface area contributed by atoms with Crippen molar-refractivity contribution >= 4 is 0 Å². The second kappa shape index (κ2) is 36.0. The van der Waals surface area contributed by atoms with Crippen molar-refractivity contribution in [1.29, 1.82) is 0 Å². The van der Waals surface area contributed by atoms with E-state index in [1.807, 2.05) is 0 Å². The topological polar surface area (TPSA) is 96.9 Å². The third-order valence-corrected chi connectivity index (χ3v) is 0.862. The number of hydrogen-bond acceptors (Lipinski definition) is 6. The SMILES string of the molecule is COCC[O-].COCC[O-].COCC[O-].[Ce+3]. The molecule has 0 amide bonds. The Balaban J connectivity index is -0.0000000655. The van der Waals surface area contributed by atoms with Crippen molar-refractivity contribution in [2.24, 2.45) is 0 Å². The summed E-state index contributed by atoms with van der Waals surface area (Å²) in [7, 11) is 4.54. The molecule has 0 aliphatic heterocycles. The summed E-state index contributed by atoms with van der Waals surface area (Å²) in [4.78, 5) is 0. The summed E-state index contributed by atoms with van der Waals surface area (Å²) in [6.07, 6.45) is 0. The molecule has 0 aromatic carbocycles. The fraction of sp³-hybridized carbons (Fsp3) is 1.00. The molecule has 0 unspecified atom stereocenters. The maximum atomic E-state index is 9.40. The van der Waals surface area contributed by atoms with Crippen LogP contribution >= 0.6 is 0 Å². The molecule has 1 radical (unpaired) electrons. The zero-order chi connectivity index (χ0) is 12.4. The molecule has 7 heteroatoms. The molecule has 0 spiro atoms. The van der Waals surface area contributed by atoms with Crippen molar-refractivity contribution in [2.75, 3.05) is 61.0 Å². The Bertz CT molecular complexity index is 56.8. The molecule has 0 N–H and O–H groups in total. The number of hydrogen-bond donors (Lipinski definition) is 0. The van der Waals surface area contributed by atoms with E-state index in [9.17, 15) is 15.3 Å². The van der Waals surface area contributed by atoms with E-state index in [4.69, 9.17) is 0 Å². The predicted octanol–water partition coefficient (Wildman–Crippen LogP) is -3.02. The molecule has 97 valence electrons. The van der Waals surface area contributed by atoms with Crippen molar-refractivity contribution in [2.45, 2.75) is 0 Å². The molecule has 0 saturated carbocycles. The van der Waals surface area contributed by atoms with E-state index < -0.39 is 0 Å². The third-order valence-electron chi connectivity index (χ3n) is 0.862. The fourth-order valence-corrected chi connectivity index (χ4v) is 0.250. The van der Waals surface area contributed by atoms with Crippen molar-refractivity contribution in [3.63, 3.8) is 0 Å². The first-order valence-electron chi connectivity index (χ1n) is 4.46. The summed E-state index contributed by atoms with van der Waals surface area (Å²) in [6, 6.07) is 0. The molecule has 0 rings (SSSR count). The second-order valence-corrected chi connectivity index (χ2v) is 2.09. The van der Waals surface area contributed by atoms with E-state index in [2.05, 4.69) is 14.2 Å². The molecule has 6 nitrogen and oxygen atoms in total. The van der Waals surface area contributed by atoms with Crippen LogP contribution in [-0.4, -0.2) is 61.0 Å². The van der Waals surface area contributed by atoms with Crippen molar-refractivity contribution in [3.05, 3.63) is 0 Å². The van der Waals surface area contributed by atoms with Crippen LogP contribution in [0, 0.1) is 41.7 Å². The maximum absolute atomic E-state index is 9.40. The van der Waals surface area contributed by atoms with Crippen molar-refractivity contribution in [1.82, 2.24) is 0 Å². The minimum atomic E-state index is -0.128. The van der Waals surface area contributed by atoms with Gasteiger partial charge in [-0.1, -0.05) is 0 Å². The Hall–Kier alpha value is 1.14. The predicted molar refractivity (Wildman–Crippen MR) is 50.2 cm³/mol. The average Bonchev–Trinajstić information content (AvgIpc) is 2.23. The van der Waals surface area contributed by atoms with Gasteiger partial charge >= 0.3 is 41.7 Å². The van der Waals surface area contributed by atoms with E-state index in [-0.39, 0.29) is 61.6 Å². The van der Waals surface area contributed by atoms with E-state index in [1.54, 1.807) is 0 Å². The smallest absolute Gasteiger partial charge is 0.853 e. The monoisotopic (exact) mass is 365 g/mol. The van der Waals surface area contributed by atoms with Gasteiger partial charge < -0.3 is 29.5 Å². The van der Waals surface area contributed by atoms with E-state index in [0.29, 0.717) is 19.8 Å². The average molecular weight is 365 g/mol. The van der Waals surface area contributed by atoms with Crippen LogP contribution in [-0.2, 0) is 14.2 Å². The minimum absolute atomic E-state index is 0. The number of ether oxygens (including phenoxy) is 3. The van der Waals surface area contributed by atoms with Gasteiger partial charge in [-0.05, 0) is 0 Å². The van der Waals surface area contributed by atoms with Gasteiger partial charge in [0, 0.05) is 41.2 Å². The zero-order valence-electron chi connectivity index (χ0n) is 10.2. The molecule has 16 heavy (non-hydrogen) atoms. The molecule has 0 aromatic heterocycles. The number of rotatable bonds is 6. The molecule has 0 heterocycles. The van der Waals surface area contributed by atoms with Crippen LogP contribution < -0.4 is 15.3 Å². The molecule has 0 saturated heterocycles. The van der Waals surface area contributed by atoms with Crippen LogP contribution in [0.25, 0.3) is 0 Å². The van der Waals surface area contributed by atoms with Crippen LogP contribution in [0.15, 0.2) is 0 Å². The first-order valence-corrected chi connectivity index (χ1v) is 4.46. The van der Waals surface area contributed by atoms with Gasteiger partial charge in [0.2, 0.25) is 0 Å². The van der Waals surface area contributed by atoms with E-state index >= 15 is 0 Å². The molecular formula is C9H21CeO6. The Morgan fingerprint density at radius 2 is 0.812 bits per heavy atom. The Morgan fingerprint density at radius 3 is 0.812 bits per heavy atom. The van der Waals surface area contributed by atoms with Crippen LogP contribution in [0.4, 0.5) is 0 Å². The summed E-state index contributed by atoms with van der Waals surface area (Å²) in [6.45, 7) is 0.615. The van der Waals surface area contributed by atoms with Gasteiger partial charge in [0.15, 0.2) is 0 Å². The molecule has 0 aliphatic carbocycles. The Labute approximate surface area is 131 Å². The first kappa shape index (κ1) is 25.9. The quantitative estimate of drug-likeness (QED) is 0.497. The molecule has 0 aliphatic rings. The van der Waals surface area contributed by atoms with Gasteiger partial charge in [-0.2, -0.15) is 0 Å². The van der Waals surface area contributed by atoms with Gasteiger partial charge in [-0.15, -0.1) is 19.8 Å². The normalized spacial score (nSPS) is 7.88. The largest absolute Gasteiger partial charge is 3.00 e. The summed E-state index contributed by atoms with van der Waals surface area (Å²) in [5.41, 5.74) is 0. The second-order valence-electron chi connectivity index (χ2n) is 2.09. The van der Waals surface area contributed by atoms with Gasteiger partial charge in [0.05, 0.1) is 0 Å². The summed E-state index contributed by atoms with van der Waals surface area (Å²) < 4.78 is 13.1. The van der Waals surface area contributed by atoms with Gasteiger partial charge in [0.1, 0.15) is 0 Å². The Kier molecular flexibility index (Phi) is 58.1.